The second-order valence-electron chi connectivity index (χ2n) is 4.27. The van der Waals surface area contributed by atoms with Crippen LogP contribution in [0.3, 0.4) is 0 Å². The second kappa shape index (κ2) is 7.09. The fraction of sp³-hybridized carbons (Fsp3) is 0.188. The van der Waals surface area contributed by atoms with Crippen molar-refractivity contribution in [3.8, 4) is 5.75 Å². The highest BCUT2D eigenvalue weighted by Gasteiger charge is 2.08. The fourth-order valence-electron chi connectivity index (χ4n) is 1.73. The van der Waals surface area contributed by atoms with Crippen LogP contribution in [0.1, 0.15) is 22.8 Å². The van der Waals surface area contributed by atoms with Gasteiger partial charge in [0.2, 0.25) is 0 Å². The molecule has 0 heterocycles. The molecule has 0 amide bonds. The van der Waals surface area contributed by atoms with Crippen molar-refractivity contribution in [1.82, 2.24) is 0 Å². The Hall–Kier alpha value is -2.07. The summed E-state index contributed by atoms with van der Waals surface area (Å²) < 4.78 is 24.0. The number of hydrogen-bond acceptors (Lipinski definition) is 3. The minimum Gasteiger partial charge on any atom is -0.489 e. The summed E-state index contributed by atoms with van der Waals surface area (Å²) in [4.78, 5) is 11.6. The number of benzene rings is 2. The number of rotatable bonds is 5. The zero-order valence-corrected chi connectivity index (χ0v) is 12.2. The van der Waals surface area contributed by atoms with Gasteiger partial charge in [-0.05, 0) is 37.3 Å². The second-order valence-corrected chi connectivity index (χ2v) is 4.71. The highest BCUT2D eigenvalue weighted by molar-refractivity contribution is 6.30. The SMILES string of the molecule is CCOC(=O)c1cccc(OCc2ccc(Cl)cc2F)c1. The summed E-state index contributed by atoms with van der Waals surface area (Å²) in [5.74, 6) is -0.375. The van der Waals surface area contributed by atoms with E-state index in [0.29, 0.717) is 28.5 Å². The van der Waals surface area contributed by atoms with Gasteiger partial charge in [0.15, 0.2) is 0 Å². The molecule has 21 heavy (non-hydrogen) atoms. The minimum atomic E-state index is -0.427. The molecule has 2 rings (SSSR count). The van der Waals surface area contributed by atoms with Gasteiger partial charge in [-0.15, -0.1) is 0 Å². The average molecular weight is 309 g/mol. The third kappa shape index (κ3) is 4.20. The maximum atomic E-state index is 13.6. The van der Waals surface area contributed by atoms with E-state index in [0.717, 1.165) is 0 Å². The molecular weight excluding hydrogens is 295 g/mol. The van der Waals surface area contributed by atoms with Crippen LogP contribution in [-0.2, 0) is 11.3 Å². The first-order chi connectivity index (χ1) is 10.1. The standard InChI is InChI=1S/C16H14ClFO3/c1-2-20-16(19)11-4-3-5-14(8-11)21-10-12-6-7-13(17)9-15(12)18/h3-9H,2,10H2,1H3. The monoisotopic (exact) mass is 308 g/mol. The summed E-state index contributed by atoms with van der Waals surface area (Å²) in [5, 5.41) is 0.334. The summed E-state index contributed by atoms with van der Waals surface area (Å²) in [6, 6.07) is 11.0. The number of hydrogen-bond donors (Lipinski definition) is 0. The molecule has 0 aromatic heterocycles. The van der Waals surface area contributed by atoms with Gasteiger partial charge >= 0.3 is 5.97 Å². The molecule has 0 bridgehead atoms. The molecule has 0 unspecified atom stereocenters. The molecule has 0 saturated carbocycles. The molecular formula is C16H14ClFO3. The van der Waals surface area contributed by atoms with Crippen LogP contribution in [0.2, 0.25) is 5.02 Å². The molecule has 0 radical (unpaired) electrons. The zero-order chi connectivity index (χ0) is 15.2. The first kappa shape index (κ1) is 15.3. The molecule has 3 nitrogen and oxygen atoms in total. The minimum absolute atomic E-state index is 0.0509. The summed E-state index contributed by atoms with van der Waals surface area (Å²) in [7, 11) is 0. The van der Waals surface area contributed by atoms with Crippen LogP contribution >= 0.6 is 11.6 Å². The van der Waals surface area contributed by atoms with Crippen LogP contribution in [0.5, 0.6) is 5.75 Å². The highest BCUT2D eigenvalue weighted by atomic mass is 35.5. The fourth-order valence-corrected chi connectivity index (χ4v) is 1.89. The predicted molar refractivity (Wildman–Crippen MR) is 78.1 cm³/mol. The van der Waals surface area contributed by atoms with Crippen molar-refractivity contribution in [2.24, 2.45) is 0 Å². The maximum absolute atomic E-state index is 13.6. The molecule has 0 fully saturated rings. The molecule has 110 valence electrons. The van der Waals surface area contributed by atoms with Crippen LogP contribution in [0.15, 0.2) is 42.5 Å². The first-order valence-electron chi connectivity index (χ1n) is 6.44. The quantitative estimate of drug-likeness (QED) is 0.775. The molecule has 2 aromatic rings. The predicted octanol–water partition coefficient (Wildman–Crippen LogP) is 4.23. The van der Waals surface area contributed by atoms with Gasteiger partial charge in [-0.25, -0.2) is 9.18 Å². The topological polar surface area (TPSA) is 35.5 Å². The molecule has 0 N–H and O–H groups in total. The van der Waals surface area contributed by atoms with E-state index < -0.39 is 11.8 Å². The Morgan fingerprint density at radius 3 is 2.76 bits per heavy atom. The maximum Gasteiger partial charge on any atom is 0.338 e. The smallest absolute Gasteiger partial charge is 0.338 e. The van der Waals surface area contributed by atoms with Crippen molar-refractivity contribution in [2.45, 2.75) is 13.5 Å². The van der Waals surface area contributed by atoms with Crippen molar-refractivity contribution in [1.29, 1.82) is 0 Å². The Labute approximate surface area is 127 Å². The van der Waals surface area contributed by atoms with Gasteiger partial charge in [0.05, 0.1) is 12.2 Å². The number of esters is 1. The third-order valence-corrected chi connectivity index (χ3v) is 2.99. The van der Waals surface area contributed by atoms with Gasteiger partial charge in [0.1, 0.15) is 18.2 Å². The first-order valence-corrected chi connectivity index (χ1v) is 6.82. The summed E-state index contributed by atoms with van der Waals surface area (Å²) >= 11 is 5.69. The van der Waals surface area contributed by atoms with Crippen molar-refractivity contribution in [3.05, 3.63) is 64.4 Å². The number of ether oxygens (including phenoxy) is 2. The van der Waals surface area contributed by atoms with Gasteiger partial charge < -0.3 is 9.47 Å². The van der Waals surface area contributed by atoms with E-state index in [1.807, 2.05) is 0 Å². The van der Waals surface area contributed by atoms with E-state index in [-0.39, 0.29) is 6.61 Å². The van der Waals surface area contributed by atoms with Crippen molar-refractivity contribution in [3.63, 3.8) is 0 Å². The normalized spacial score (nSPS) is 10.2. The van der Waals surface area contributed by atoms with Crippen LogP contribution in [0.4, 0.5) is 4.39 Å². The Balaban J connectivity index is 2.06. The van der Waals surface area contributed by atoms with E-state index in [1.54, 1.807) is 43.3 Å². The van der Waals surface area contributed by atoms with Crippen LogP contribution in [0.25, 0.3) is 0 Å². The lowest BCUT2D eigenvalue weighted by Crippen LogP contribution is -2.05. The Morgan fingerprint density at radius 1 is 1.24 bits per heavy atom. The summed E-state index contributed by atoms with van der Waals surface area (Å²) in [5.41, 5.74) is 0.784. The lowest BCUT2D eigenvalue weighted by Gasteiger charge is -2.09. The number of carbonyl (C=O) groups is 1. The average Bonchev–Trinajstić information content (AvgIpc) is 2.47. The Bertz CT molecular complexity index is 643. The van der Waals surface area contributed by atoms with E-state index in [9.17, 15) is 9.18 Å². The summed E-state index contributed by atoms with van der Waals surface area (Å²) in [6.45, 7) is 2.09. The van der Waals surface area contributed by atoms with Crippen molar-refractivity contribution in [2.75, 3.05) is 6.61 Å². The zero-order valence-electron chi connectivity index (χ0n) is 11.4. The van der Waals surface area contributed by atoms with E-state index in [2.05, 4.69) is 0 Å². The van der Waals surface area contributed by atoms with Gasteiger partial charge in [-0.3, -0.25) is 0 Å². The van der Waals surface area contributed by atoms with Crippen molar-refractivity contribution >= 4 is 17.6 Å². The van der Waals surface area contributed by atoms with Crippen molar-refractivity contribution < 1.29 is 18.7 Å². The molecule has 0 aliphatic rings. The largest absolute Gasteiger partial charge is 0.489 e. The molecule has 0 atom stereocenters. The van der Waals surface area contributed by atoms with Gasteiger partial charge in [0.25, 0.3) is 0 Å². The van der Waals surface area contributed by atoms with Crippen LogP contribution in [-0.4, -0.2) is 12.6 Å². The van der Waals surface area contributed by atoms with Crippen LogP contribution in [0, 0.1) is 5.82 Å². The lowest BCUT2D eigenvalue weighted by molar-refractivity contribution is 0.0526. The summed E-state index contributed by atoms with van der Waals surface area (Å²) in [6.07, 6.45) is 0. The number of carbonyl (C=O) groups excluding carboxylic acids is 1. The molecule has 5 heteroatoms. The van der Waals surface area contributed by atoms with Gasteiger partial charge in [-0.1, -0.05) is 23.7 Å². The number of halogens is 2. The Morgan fingerprint density at radius 2 is 2.05 bits per heavy atom. The third-order valence-electron chi connectivity index (χ3n) is 2.75. The van der Waals surface area contributed by atoms with Crippen LogP contribution < -0.4 is 4.74 Å². The molecule has 0 saturated heterocycles. The van der Waals surface area contributed by atoms with E-state index in [4.69, 9.17) is 21.1 Å². The lowest BCUT2D eigenvalue weighted by atomic mass is 10.2. The molecule has 0 aliphatic heterocycles. The van der Waals surface area contributed by atoms with Gasteiger partial charge in [-0.2, -0.15) is 0 Å². The Kier molecular flexibility index (Phi) is 5.17. The highest BCUT2D eigenvalue weighted by Crippen LogP contribution is 2.19. The van der Waals surface area contributed by atoms with E-state index in [1.165, 1.54) is 6.07 Å². The molecule has 0 aliphatic carbocycles. The molecule has 0 spiro atoms. The van der Waals surface area contributed by atoms with Gasteiger partial charge in [0, 0.05) is 10.6 Å². The molecule has 2 aromatic carbocycles. The van der Waals surface area contributed by atoms with E-state index >= 15 is 0 Å².